The molecule has 0 atom stereocenters. The summed E-state index contributed by atoms with van der Waals surface area (Å²) in [7, 11) is 0. The van der Waals surface area contributed by atoms with Crippen molar-refractivity contribution in [2.45, 2.75) is 6.92 Å². The first-order valence-corrected chi connectivity index (χ1v) is 3.77. The van der Waals surface area contributed by atoms with Crippen LogP contribution in [-0.2, 0) is 0 Å². The lowest BCUT2D eigenvalue weighted by atomic mass is 10.0. The Bertz CT molecular complexity index is 338. The van der Waals surface area contributed by atoms with E-state index in [-0.39, 0.29) is 11.5 Å². The minimum absolute atomic E-state index is 0.0740. The Morgan fingerprint density at radius 2 is 2.31 bits per heavy atom. The number of hydrogen-bond donors (Lipinski definition) is 3. The second kappa shape index (κ2) is 3.71. The van der Waals surface area contributed by atoms with Crippen molar-refractivity contribution in [2.24, 2.45) is 10.9 Å². The number of nitrogens with zero attached hydrogens (tertiary/aromatic N) is 1. The highest BCUT2D eigenvalue weighted by atomic mass is 16.3. The van der Waals surface area contributed by atoms with Crippen LogP contribution in [-0.4, -0.2) is 17.0 Å². The van der Waals surface area contributed by atoms with Crippen LogP contribution in [0.5, 0.6) is 5.75 Å². The Labute approximate surface area is 76.2 Å². The van der Waals surface area contributed by atoms with Crippen LogP contribution in [0.15, 0.2) is 23.3 Å². The van der Waals surface area contributed by atoms with Gasteiger partial charge in [-0.1, -0.05) is 12.1 Å². The Balaban J connectivity index is 3.20. The van der Waals surface area contributed by atoms with Gasteiger partial charge in [-0.05, 0) is 18.6 Å². The van der Waals surface area contributed by atoms with Crippen LogP contribution in [0.1, 0.15) is 11.1 Å². The Morgan fingerprint density at radius 3 is 2.85 bits per heavy atom. The van der Waals surface area contributed by atoms with Gasteiger partial charge in [0.2, 0.25) is 0 Å². The summed E-state index contributed by atoms with van der Waals surface area (Å²) in [6.45, 7) is 1.81. The predicted molar refractivity (Wildman–Crippen MR) is 52.4 cm³/mol. The zero-order chi connectivity index (χ0) is 9.84. The van der Waals surface area contributed by atoms with Crippen molar-refractivity contribution in [1.82, 2.24) is 0 Å². The molecule has 0 saturated heterocycles. The van der Waals surface area contributed by atoms with Crippen molar-refractivity contribution in [1.29, 1.82) is 5.41 Å². The molecule has 0 spiro atoms. The first-order valence-electron chi connectivity index (χ1n) is 3.77. The van der Waals surface area contributed by atoms with Crippen molar-refractivity contribution in [3.05, 3.63) is 29.3 Å². The van der Waals surface area contributed by atoms with Gasteiger partial charge in [0, 0.05) is 5.56 Å². The summed E-state index contributed by atoms with van der Waals surface area (Å²) in [5.74, 6) is 4.99. The quantitative estimate of drug-likeness (QED) is 0.358. The van der Waals surface area contributed by atoms with Gasteiger partial charge in [0.1, 0.15) is 5.75 Å². The fraction of sp³-hybridized carbons (Fsp3) is 0.111. The van der Waals surface area contributed by atoms with E-state index >= 15 is 0 Å². The number of rotatable bonds is 2. The second-order valence-electron chi connectivity index (χ2n) is 2.66. The third-order valence-electron chi connectivity index (χ3n) is 1.72. The van der Waals surface area contributed by atoms with E-state index in [4.69, 9.17) is 11.3 Å². The SMILES string of the molecule is Cc1cccc(O)c1C(=N)/C=N\N. The van der Waals surface area contributed by atoms with E-state index in [0.29, 0.717) is 5.56 Å². The molecule has 1 rings (SSSR count). The molecule has 0 saturated carbocycles. The predicted octanol–water partition coefficient (Wildman–Crippen LogP) is 1.01. The lowest BCUT2D eigenvalue weighted by Gasteiger charge is -2.05. The number of aryl methyl sites for hydroxylation is 1. The number of hydrogen-bond acceptors (Lipinski definition) is 4. The van der Waals surface area contributed by atoms with Crippen molar-refractivity contribution in [2.75, 3.05) is 0 Å². The van der Waals surface area contributed by atoms with Gasteiger partial charge in [0.15, 0.2) is 0 Å². The van der Waals surface area contributed by atoms with E-state index in [1.165, 1.54) is 12.3 Å². The normalized spacial score (nSPS) is 10.5. The minimum atomic E-state index is 0.0740. The lowest BCUT2D eigenvalue weighted by molar-refractivity contribution is 0.474. The zero-order valence-electron chi connectivity index (χ0n) is 7.28. The fourth-order valence-corrected chi connectivity index (χ4v) is 1.14. The fourth-order valence-electron chi connectivity index (χ4n) is 1.14. The van der Waals surface area contributed by atoms with E-state index in [9.17, 15) is 5.11 Å². The summed E-state index contributed by atoms with van der Waals surface area (Å²) in [6.07, 6.45) is 1.20. The van der Waals surface area contributed by atoms with Gasteiger partial charge in [0.05, 0.1) is 11.9 Å². The topological polar surface area (TPSA) is 82.5 Å². The Morgan fingerprint density at radius 1 is 1.62 bits per heavy atom. The summed E-state index contributed by atoms with van der Waals surface area (Å²) >= 11 is 0. The average Bonchev–Trinajstić information content (AvgIpc) is 2.04. The molecule has 4 N–H and O–H groups in total. The molecule has 0 fully saturated rings. The van der Waals surface area contributed by atoms with Crippen molar-refractivity contribution in [3.8, 4) is 5.75 Å². The van der Waals surface area contributed by atoms with Crippen LogP contribution < -0.4 is 5.84 Å². The van der Waals surface area contributed by atoms with Crippen LogP contribution in [0.25, 0.3) is 0 Å². The standard InChI is InChI=1S/C9H11N3O/c1-6-3-2-4-8(13)9(6)7(10)5-12-11/h2-5,10,13H,11H2,1H3/b10-7?,12-5-. The number of phenolic OH excluding ortho intramolecular Hbond substituents is 1. The maximum Gasteiger partial charge on any atom is 0.125 e. The highest BCUT2D eigenvalue weighted by Crippen LogP contribution is 2.19. The summed E-state index contributed by atoms with van der Waals surface area (Å²) in [6, 6.07) is 5.07. The number of aromatic hydroxyl groups is 1. The lowest BCUT2D eigenvalue weighted by Crippen LogP contribution is -2.04. The smallest absolute Gasteiger partial charge is 0.125 e. The van der Waals surface area contributed by atoms with E-state index in [2.05, 4.69) is 5.10 Å². The summed E-state index contributed by atoms with van der Waals surface area (Å²) < 4.78 is 0. The molecule has 0 amide bonds. The molecular weight excluding hydrogens is 166 g/mol. The molecule has 1 aromatic carbocycles. The summed E-state index contributed by atoms with van der Waals surface area (Å²) in [5, 5.41) is 20.2. The average molecular weight is 177 g/mol. The van der Waals surface area contributed by atoms with Crippen LogP contribution >= 0.6 is 0 Å². The first kappa shape index (κ1) is 9.25. The molecule has 0 aliphatic carbocycles. The molecule has 13 heavy (non-hydrogen) atoms. The van der Waals surface area contributed by atoms with E-state index in [1.807, 2.05) is 13.0 Å². The summed E-state index contributed by atoms with van der Waals surface area (Å²) in [4.78, 5) is 0. The molecule has 0 radical (unpaired) electrons. The number of benzene rings is 1. The number of phenols is 1. The van der Waals surface area contributed by atoms with Gasteiger partial charge in [-0.15, -0.1) is 0 Å². The molecule has 4 nitrogen and oxygen atoms in total. The van der Waals surface area contributed by atoms with Crippen molar-refractivity contribution < 1.29 is 5.11 Å². The zero-order valence-corrected chi connectivity index (χ0v) is 7.28. The third-order valence-corrected chi connectivity index (χ3v) is 1.72. The molecule has 0 unspecified atom stereocenters. The van der Waals surface area contributed by atoms with E-state index in [1.54, 1.807) is 6.07 Å². The largest absolute Gasteiger partial charge is 0.507 e. The van der Waals surface area contributed by atoms with Crippen molar-refractivity contribution >= 4 is 11.9 Å². The molecule has 0 heterocycles. The van der Waals surface area contributed by atoms with E-state index in [0.717, 1.165) is 5.56 Å². The second-order valence-corrected chi connectivity index (χ2v) is 2.66. The van der Waals surface area contributed by atoms with Crippen LogP contribution in [0.4, 0.5) is 0 Å². The number of nitrogens with one attached hydrogen (secondary N) is 1. The van der Waals surface area contributed by atoms with Gasteiger partial charge in [0.25, 0.3) is 0 Å². The Kier molecular flexibility index (Phi) is 2.64. The molecule has 0 aliphatic rings. The number of nitrogens with two attached hydrogens (primary N) is 1. The molecule has 0 bridgehead atoms. The molecule has 68 valence electrons. The van der Waals surface area contributed by atoms with Gasteiger partial charge in [-0.2, -0.15) is 5.10 Å². The molecule has 0 aromatic heterocycles. The van der Waals surface area contributed by atoms with Gasteiger partial charge in [-0.25, -0.2) is 0 Å². The monoisotopic (exact) mass is 177 g/mol. The highest BCUT2D eigenvalue weighted by Gasteiger charge is 2.07. The van der Waals surface area contributed by atoms with Crippen LogP contribution in [0.2, 0.25) is 0 Å². The molecular formula is C9H11N3O. The first-order chi connectivity index (χ1) is 6.16. The number of hydrazone groups is 1. The highest BCUT2D eigenvalue weighted by molar-refractivity contribution is 6.37. The van der Waals surface area contributed by atoms with Gasteiger partial charge < -0.3 is 10.9 Å². The maximum atomic E-state index is 9.45. The third kappa shape index (κ3) is 1.84. The van der Waals surface area contributed by atoms with Crippen LogP contribution in [0, 0.1) is 12.3 Å². The molecule has 1 aromatic rings. The maximum absolute atomic E-state index is 9.45. The molecule has 4 heteroatoms. The summed E-state index contributed by atoms with van der Waals surface area (Å²) in [5.41, 5.74) is 1.40. The van der Waals surface area contributed by atoms with Crippen LogP contribution in [0.3, 0.4) is 0 Å². The Hall–Kier alpha value is -1.84. The minimum Gasteiger partial charge on any atom is -0.507 e. The van der Waals surface area contributed by atoms with Gasteiger partial charge >= 0.3 is 0 Å². The molecule has 0 aliphatic heterocycles. The van der Waals surface area contributed by atoms with Gasteiger partial charge in [-0.3, -0.25) is 5.41 Å². The van der Waals surface area contributed by atoms with Crippen molar-refractivity contribution in [3.63, 3.8) is 0 Å². The van der Waals surface area contributed by atoms with E-state index < -0.39 is 0 Å².